The molecule has 4 rings (SSSR count). The van der Waals surface area contributed by atoms with Gasteiger partial charge in [-0.05, 0) is 60.7 Å². The van der Waals surface area contributed by atoms with E-state index in [9.17, 15) is 13.2 Å². The van der Waals surface area contributed by atoms with E-state index in [1.807, 2.05) is 36.2 Å². The largest absolute Gasteiger partial charge is 0.362 e. The van der Waals surface area contributed by atoms with Gasteiger partial charge in [0.25, 0.3) is 10.0 Å². The fourth-order valence-corrected chi connectivity index (χ4v) is 4.97. The van der Waals surface area contributed by atoms with Crippen molar-refractivity contribution in [1.82, 2.24) is 4.90 Å². The third-order valence-corrected chi connectivity index (χ3v) is 7.25. The summed E-state index contributed by atoms with van der Waals surface area (Å²) in [5.74, 6) is 0.738. The van der Waals surface area contributed by atoms with Crippen LogP contribution in [0.2, 0.25) is 0 Å². The number of hydrogen-bond acceptors (Lipinski definition) is 3. The van der Waals surface area contributed by atoms with Crippen LogP contribution in [-0.2, 0) is 14.8 Å². The maximum Gasteiger partial charge on any atom is 0.283 e. The lowest BCUT2D eigenvalue weighted by atomic mass is 10.1. The highest BCUT2D eigenvalue weighted by atomic mass is 79.9. The zero-order valence-corrected chi connectivity index (χ0v) is 18.4. The van der Waals surface area contributed by atoms with E-state index in [4.69, 9.17) is 0 Å². The number of nitrogens with zero attached hydrogens (tertiary/aromatic N) is 2. The Morgan fingerprint density at radius 3 is 2.45 bits per heavy atom. The Balaban J connectivity index is 1.40. The van der Waals surface area contributed by atoms with Gasteiger partial charge in [0.15, 0.2) is 0 Å². The van der Waals surface area contributed by atoms with Gasteiger partial charge < -0.3 is 10.2 Å². The summed E-state index contributed by atoms with van der Waals surface area (Å²) in [4.78, 5) is 14.5. The number of halogens is 1. The zero-order valence-electron chi connectivity index (χ0n) is 16.0. The Morgan fingerprint density at radius 1 is 1.14 bits per heavy atom. The van der Waals surface area contributed by atoms with E-state index < -0.39 is 10.0 Å². The predicted molar refractivity (Wildman–Crippen MR) is 117 cm³/mol. The first kappa shape index (κ1) is 20.1. The first-order chi connectivity index (χ1) is 13.8. The van der Waals surface area contributed by atoms with E-state index in [0.717, 1.165) is 29.4 Å². The van der Waals surface area contributed by atoms with E-state index in [-0.39, 0.29) is 22.6 Å². The summed E-state index contributed by atoms with van der Waals surface area (Å²) in [7, 11) is -1.90. The second-order valence-corrected chi connectivity index (χ2v) is 10.0. The summed E-state index contributed by atoms with van der Waals surface area (Å²) in [5.41, 5.74) is 1.74. The summed E-state index contributed by atoms with van der Waals surface area (Å²) < 4.78 is 30.0. The van der Waals surface area contributed by atoms with Gasteiger partial charge in [0.2, 0.25) is 5.91 Å². The molecule has 0 spiro atoms. The molecule has 29 heavy (non-hydrogen) atoms. The number of amidine groups is 1. The molecule has 0 radical (unpaired) electrons. The molecule has 1 N–H and O–H groups in total. The number of sulfonamides is 1. The summed E-state index contributed by atoms with van der Waals surface area (Å²) in [6.07, 6.45) is 2.41. The van der Waals surface area contributed by atoms with Gasteiger partial charge in [0.1, 0.15) is 5.84 Å². The van der Waals surface area contributed by atoms with Crippen LogP contribution in [0.3, 0.4) is 0 Å². The van der Waals surface area contributed by atoms with Gasteiger partial charge in [0.05, 0.1) is 4.90 Å². The van der Waals surface area contributed by atoms with Crippen molar-refractivity contribution in [2.45, 2.75) is 30.1 Å². The molecule has 1 saturated carbocycles. The van der Waals surface area contributed by atoms with Gasteiger partial charge >= 0.3 is 0 Å². The number of carbonyl (C=O) groups is 1. The molecule has 1 aliphatic carbocycles. The third-order valence-electron chi connectivity index (χ3n) is 5.41. The van der Waals surface area contributed by atoms with E-state index in [1.165, 1.54) is 12.1 Å². The Bertz CT molecular complexity index is 1050. The van der Waals surface area contributed by atoms with Crippen LogP contribution in [0.25, 0.3) is 0 Å². The third kappa shape index (κ3) is 4.53. The summed E-state index contributed by atoms with van der Waals surface area (Å²) in [6, 6.07) is 14.2. The smallest absolute Gasteiger partial charge is 0.283 e. The minimum absolute atomic E-state index is 0.0404. The van der Waals surface area contributed by atoms with Gasteiger partial charge in [0, 0.05) is 36.1 Å². The highest BCUT2D eigenvalue weighted by molar-refractivity contribution is 9.10. The summed E-state index contributed by atoms with van der Waals surface area (Å²) in [5, 5.41) is 2.89. The Kier molecular flexibility index (Phi) is 5.48. The van der Waals surface area contributed by atoms with Crippen LogP contribution in [0.15, 0.2) is 62.3 Å². The number of amides is 1. The van der Waals surface area contributed by atoms with Gasteiger partial charge in [-0.25, -0.2) is 0 Å². The van der Waals surface area contributed by atoms with Crippen LogP contribution in [0.4, 0.5) is 5.69 Å². The van der Waals surface area contributed by atoms with Crippen LogP contribution < -0.4 is 5.32 Å². The first-order valence-corrected chi connectivity index (χ1v) is 11.8. The van der Waals surface area contributed by atoms with Crippen molar-refractivity contribution in [2.24, 2.45) is 10.3 Å². The van der Waals surface area contributed by atoms with Gasteiger partial charge in [-0.2, -0.15) is 8.42 Å². The quantitative estimate of drug-likeness (QED) is 0.708. The minimum Gasteiger partial charge on any atom is -0.362 e. The highest BCUT2D eigenvalue weighted by Gasteiger charge is 2.43. The number of likely N-dealkylation sites (tertiary alicyclic amines) is 1. The predicted octanol–water partition coefficient (Wildman–Crippen LogP) is 4.00. The van der Waals surface area contributed by atoms with Crippen molar-refractivity contribution in [3.63, 3.8) is 0 Å². The van der Waals surface area contributed by atoms with E-state index in [1.54, 1.807) is 12.1 Å². The molecule has 0 bridgehead atoms. The SMILES string of the molecule is CN1CCC/C1=N\S(=O)(=O)c1ccc(NC(=O)C2CC2c2ccc(Br)cc2)cc1. The minimum atomic E-state index is -3.74. The van der Waals surface area contributed by atoms with Crippen molar-refractivity contribution in [2.75, 3.05) is 18.9 Å². The standard InChI is InChI=1S/C21H22BrN3O3S/c1-25-12-2-3-20(25)24-29(27,28)17-10-8-16(9-11-17)23-21(26)19-13-18(19)14-4-6-15(22)7-5-14/h4-11,18-19H,2-3,12-13H2,1H3,(H,23,26)/b24-20+. The monoisotopic (exact) mass is 475 g/mol. The van der Waals surface area contributed by atoms with Crippen LogP contribution in [0.1, 0.15) is 30.7 Å². The molecule has 2 aromatic carbocycles. The molecule has 2 fully saturated rings. The maximum atomic E-state index is 12.5. The lowest BCUT2D eigenvalue weighted by Gasteiger charge is -2.11. The van der Waals surface area contributed by atoms with Crippen LogP contribution in [-0.4, -0.2) is 38.7 Å². The van der Waals surface area contributed by atoms with Crippen LogP contribution in [0, 0.1) is 5.92 Å². The number of nitrogens with one attached hydrogen (secondary N) is 1. The van der Waals surface area contributed by atoms with E-state index in [0.29, 0.717) is 17.9 Å². The molecule has 1 saturated heterocycles. The summed E-state index contributed by atoms with van der Waals surface area (Å²) >= 11 is 3.42. The topological polar surface area (TPSA) is 78.8 Å². The second-order valence-electron chi connectivity index (χ2n) is 7.52. The normalized spacial score (nSPS) is 22.7. The van der Waals surface area contributed by atoms with Gasteiger partial charge in [-0.1, -0.05) is 28.1 Å². The molecule has 2 unspecified atom stereocenters. The van der Waals surface area contributed by atoms with Crippen molar-refractivity contribution >= 4 is 43.4 Å². The van der Waals surface area contributed by atoms with Crippen molar-refractivity contribution in [3.8, 4) is 0 Å². The Labute approximate surface area is 179 Å². The molecule has 1 heterocycles. The molecule has 2 aromatic rings. The summed E-state index contributed by atoms with van der Waals surface area (Å²) in [6.45, 7) is 0.821. The van der Waals surface area contributed by atoms with Gasteiger partial charge in [-0.3, -0.25) is 4.79 Å². The second kappa shape index (κ2) is 7.91. The lowest BCUT2D eigenvalue weighted by molar-refractivity contribution is -0.117. The fourth-order valence-electron chi connectivity index (χ4n) is 3.61. The maximum absolute atomic E-state index is 12.5. The number of anilines is 1. The number of benzene rings is 2. The van der Waals surface area contributed by atoms with Crippen molar-refractivity contribution < 1.29 is 13.2 Å². The molecule has 1 aliphatic heterocycles. The van der Waals surface area contributed by atoms with E-state index in [2.05, 4.69) is 25.6 Å². The fraction of sp³-hybridized carbons (Fsp3) is 0.333. The Hall–Kier alpha value is -2.19. The molecular weight excluding hydrogens is 454 g/mol. The highest BCUT2D eigenvalue weighted by Crippen LogP contribution is 2.48. The van der Waals surface area contributed by atoms with Crippen molar-refractivity contribution in [1.29, 1.82) is 0 Å². The molecule has 2 aliphatic rings. The molecular formula is C21H22BrN3O3S. The molecule has 0 aromatic heterocycles. The number of rotatable bonds is 5. The molecule has 6 nitrogen and oxygen atoms in total. The van der Waals surface area contributed by atoms with Crippen LogP contribution >= 0.6 is 15.9 Å². The molecule has 1 amide bonds. The average molecular weight is 476 g/mol. The lowest BCUT2D eigenvalue weighted by Crippen LogP contribution is -2.20. The van der Waals surface area contributed by atoms with Crippen LogP contribution in [0.5, 0.6) is 0 Å². The molecule has 152 valence electrons. The van der Waals surface area contributed by atoms with Crippen molar-refractivity contribution in [3.05, 3.63) is 58.6 Å². The van der Waals surface area contributed by atoms with Gasteiger partial charge in [-0.15, -0.1) is 4.40 Å². The first-order valence-electron chi connectivity index (χ1n) is 9.55. The van der Waals surface area contributed by atoms with E-state index >= 15 is 0 Å². The number of hydrogen-bond donors (Lipinski definition) is 1. The molecule has 8 heteroatoms. The molecule has 2 atom stereocenters. The number of carbonyl (C=O) groups excluding carboxylic acids is 1. The Morgan fingerprint density at radius 2 is 1.83 bits per heavy atom. The average Bonchev–Trinajstić information content (AvgIpc) is 3.40. The zero-order chi connectivity index (χ0) is 20.6.